The Morgan fingerprint density at radius 3 is 2.25 bits per heavy atom. The molecule has 1 fully saturated rings. The van der Waals surface area contributed by atoms with E-state index in [0.29, 0.717) is 43.2 Å². The molecule has 40 heavy (non-hydrogen) atoms. The van der Waals surface area contributed by atoms with Gasteiger partial charge in [0.25, 0.3) is 0 Å². The Morgan fingerprint density at radius 2 is 1.77 bits per heavy atom. The molecule has 220 valence electrons. The fourth-order valence-electron chi connectivity index (χ4n) is 4.57. The molecule has 1 saturated heterocycles. The summed E-state index contributed by atoms with van der Waals surface area (Å²) in [5, 5.41) is 13.2. The lowest BCUT2D eigenvalue weighted by atomic mass is 9.92. The number of carbonyl (C=O) groups is 3. The van der Waals surface area contributed by atoms with Crippen molar-refractivity contribution in [3.63, 3.8) is 0 Å². The van der Waals surface area contributed by atoms with Crippen molar-refractivity contribution in [1.82, 2.24) is 20.0 Å². The van der Waals surface area contributed by atoms with Gasteiger partial charge in [0.05, 0.1) is 17.6 Å². The zero-order valence-electron chi connectivity index (χ0n) is 24.6. The van der Waals surface area contributed by atoms with Crippen molar-refractivity contribution in [2.45, 2.75) is 72.4 Å². The number of guanidine groups is 1. The number of aliphatic imine (C=N–C) groups is 1. The Labute approximate surface area is 237 Å². The number of likely N-dealkylation sites (tertiary alicyclic amines) is 1. The summed E-state index contributed by atoms with van der Waals surface area (Å²) in [5.41, 5.74) is 5.88. The van der Waals surface area contributed by atoms with Gasteiger partial charge in [0.15, 0.2) is 5.96 Å². The SMILES string of the molecule is C=C(NC(C)(Cc1ccc(OC(=O)N2CCCC2)cc1)C(=O)O)/C(=C\N=C(/N)N(CC)CC)N(C(C)=O)C(C)C. The van der Waals surface area contributed by atoms with Gasteiger partial charge in [-0.05, 0) is 65.2 Å². The van der Waals surface area contributed by atoms with Crippen molar-refractivity contribution in [3.8, 4) is 5.75 Å². The third kappa shape index (κ3) is 8.49. The van der Waals surface area contributed by atoms with Gasteiger partial charge in [0.2, 0.25) is 5.91 Å². The van der Waals surface area contributed by atoms with Crippen molar-refractivity contribution in [3.05, 3.63) is 54.0 Å². The van der Waals surface area contributed by atoms with Gasteiger partial charge >= 0.3 is 12.1 Å². The van der Waals surface area contributed by atoms with Crippen molar-refractivity contribution in [1.29, 1.82) is 0 Å². The summed E-state index contributed by atoms with van der Waals surface area (Å²) in [5.74, 6) is -0.702. The van der Waals surface area contributed by atoms with E-state index in [1.807, 2.05) is 32.6 Å². The van der Waals surface area contributed by atoms with E-state index in [-0.39, 0.29) is 36.1 Å². The molecule has 1 aromatic carbocycles. The predicted octanol–water partition coefficient (Wildman–Crippen LogP) is 3.53. The van der Waals surface area contributed by atoms with E-state index < -0.39 is 11.5 Å². The average Bonchev–Trinajstić information content (AvgIpc) is 3.43. The van der Waals surface area contributed by atoms with Crippen LogP contribution in [0, 0.1) is 0 Å². The van der Waals surface area contributed by atoms with E-state index in [4.69, 9.17) is 10.5 Å². The maximum Gasteiger partial charge on any atom is 0.415 e. The molecule has 4 N–H and O–H groups in total. The lowest BCUT2D eigenvalue weighted by Gasteiger charge is -2.34. The minimum atomic E-state index is -1.49. The smallest absolute Gasteiger partial charge is 0.415 e. The second-order valence-corrected chi connectivity index (χ2v) is 10.3. The second-order valence-electron chi connectivity index (χ2n) is 10.3. The van der Waals surface area contributed by atoms with Crippen molar-refractivity contribution < 1.29 is 24.2 Å². The van der Waals surface area contributed by atoms with Crippen molar-refractivity contribution in [2.24, 2.45) is 10.7 Å². The van der Waals surface area contributed by atoms with E-state index in [1.54, 1.807) is 36.1 Å². The summed E-state index contributed by atoms with van der Waals surface area (Å²) in [6.45, 7) is 17.3. The first-order valence-electron chi connectivity index (χ1n) is 13.7. The maximum atomic E-state index is 12.6. The number of nitrogens with two attached hydrogens (primary N) is 1. The summed E-state index contributed by atoms with van der Waals surface area (Å²) in [4.78, 5) is 46.7. The molecule has 0 spiro atoms. The van der Waals surface area contributed by atoms with Gasteiger partial charge in [-0.1, -0.05) is 18.7 Å². The number of carboxylic acids is 1. The molecule has 1 aliphatic heterocycles. The Kier molecular flexibility index (Phi) is 11.6. The first-order chi connectivity index (χ1) is 18.8. The third-order valence-electron chi connectivity index (χ3n) is 6.78. The number of aliphatic carboxylic acids is 1. The quantitative estimate of drug-likeness (QED) is 0.202. The fraction of sp³-hybridized carbons (Fsp3) is 0.517. The van der Waals surface area contributed by atoms with Crippen molar-refractivity contribution in [2.75, 3.05) is 26.2 Å². The van der Waals surface area contributed by atoms with Crippen LogP contribution in [-0.2, 0) is 16.0 Å². The molecule has 1 heterocycles. The number of hydrogen-bond donors (Lipinski definition) is 3. The van der Waals surface area contributed by atoms with Gasteiger partial charge in [0.1, 0.15) is 11.3 Å². The topological polar surface area (TPSA) is 141 Å². The number of rotatable bonds is 12. The van der Waals surface area contributed by atoms with Crippen LogP contribution in [0.4, 0.5) is 4.79 Å². The minimum Gasteiger partial charge on any atom is -0.480 e. The lowest BCUT2D eigenvalue weighted by Crippen LogP contribution is -2.52. The molecule has 0 bridgehead atoms. The van der Waals surface area contributed by atoms with Crippen LogP contribution in [0.2, 0.25) is 0 Å². The van der Waals surface area contributed by atoms with E-state index in [0.717, 1.165) is 12.8 Å². The highest BCUT2D eigenvalue weighted by molar-refractivity contribution is 5.81. The van der Waals surface area contributed by atoms with Crippen LogP contribution in [0.15, 0.2) is 53.4 Å². The number of nitrogens with zero attached hydrogens (tertiary/aromatic N) is 4. The normalized spacial score (nSPS) is 15.4. The maximum absolute atomic E-state index is 12.6. The molecule has 1 aromatic rings. The Bertz CT molecular complexity index is 1120. The average molecular weight is 557 g/mol. The molecular weight excluding hydrogens is 512 g/mol. The van der Waals surface area contributed by atoms with Gasteiger partial charge < -0.3 is 35.6 Å². The number of hydrogen-bond acceptors (Lipinski definition) is 6. The van der Waals surface area contributed by atoms with E-state index in [2.05, 4.69) is 16.9 Å². The number of nitrogens with one attached hydrogen (secondary N) is 1. The number of carbonyl (C=O) groups excluding carboxylic acids is 2. The first kappa shape index (κ1) is 32.2. The summed E-state index contributed by atoms with van der Waals surface area (Å²) in [7, 11) is 0. The molecule has 2 rings (SSSR count). The van der Waals surface area contributed by atoms with Gasteiger partial charge in [-0.3, -0.25) is 4.79 Å². The molecule has 0 radical (unpaired) electrons. The molecule has 0 aliphatic carbocycles. The molecule has 0 aromatic heterocycles. The van der Waals surface area contributed by atoms with Crippen LogP contribution in [0.3, 0.4) is 0 Å². The molecular formula is C29H44N6O5. The molecule has 11 nitrogen and oxygen atoms in total. The highest BCUT2D eigenvalue weighted by atomic mass is 16.6. The standard InChI is InChI=1S/C29H44N6O5/c1-8-33(9-2)27(30)31-19-25(35(20(3)4)22(6)36)21(5)32-29(7,26(37)38)18-23-12-14-24(15-13-23)40-28(39)34-16-10-11-17-34/h12-15,19-20,32H,5,8-11,16-18H2,1-4,6-7H3,(H2,30,31)(H,37,38)/b25-19+. The van der Waals surface area contributed by atoms with Crippen LogP contribution in [0.25, 0.3) is 0 Å². The van der Waals surface area contributed by atoms with Crippen molar-refractivity contribution >= 4 is 23.9 Å². The highest BCUT2D eigenvalue weighted by Gasteiger charge is 2.35. The largest absolute Gasteiger partial charge is 0.480 e. The lowest BCUT2D eigenvalue weighted by molar-refractivity contribution is -0.143. The Balaban J connectivity index is 2.30. The van der Waals surface area contributed by atoms with Gasteiger partial charge in [-0.15, -0.1) is 0 Å². The predicted molar refractivity (Wildman–Crippen MR) is 156 cm³/mol. The second kappa shape index (κ2) is 14.4. The zero-order chi connectivity index (χ0) is 30.0. The number of benzene rings is 1. The molecule has 1 unspecified atom stereocenters. The van der Waals surface area contributed by atoms with E-state index in [1.165, 1.54) is 18.0 Å². The number of ether oxygens (including phenoxy) is 1. The molecule has 1 aliphatic rings. The zero-order valence-corrected chi connectivity index (χ0v) is 24.6. The molecule has 0 saturated carbocycles. The van der Waals surface area contributed by atoms with E-state index in [9.17, 15) is 19.5 Å². The number of amides is 2. The van der Waals surface area contributed by atoms with Crippen LogP contribution >= 0.6 is 0 Å². The molecule has 1 atom stereocenters. The third-order valence-corrected chi connectivity index (χ3v) is 6.78. The van der Waals surface area contributed by atoms with Crippen LogP contribution < -0.4 is 15.8 Å². The van der Waals surface area contributed by atoms with Gasteiger partial charge in [0, 0.05) is 45.6 Å². The Hall–Kier alpha value is -4.02. The first-order valence-corrected chi connectivity index (χ1v) is 13.7. The summed E-state index contributed by atoms with van der Waals surface area (Å²) < 4.78 is 5.45. The molecule has 11 heteroatoms. The monoisotopic (exact) mass is 556 g/mol. The van der Waals surface area contributed by atoms with Gasteiger partial charge in [-0.2, -0.15) is 0 Å². The summed E-state index contributed by atoms with van der Waals surface area (Å²) in [6, 6.07) is 6.48. The fourth-order valence-corrected chi connectivity index (χ4v) is 4.57. The van der Waals surface area contributed by atoms with E-state index >= 15 is 0 Å². The van der Waals surface area contributed by atoms with Crippen LogP contribution in [-0.4, -0.2) is 81.5 Å². The van der Waals surface area contributed by atoms with Crippen LogP contribution in [0.1, 0.15) is 59.9 Å². The molecule has 2 amide bonds. The van der Waals surface area contributed by atoms with Gasteiger partial charge in [-0.25, -0.2) is 14.6 Å². The Morgan fingerprint density at radius 1 is 1.20 bits per heavy atom. The summed E-state index contributed by atoms with van der Waals surface area (Å²) >= 11 is 0. The highest BCUT2D eigenvalue weighted by Crippen LogP contribution is 2.23. The van der Waals surface area contributed by atoms with Crippen LogP contribution in [0.5, 0.6) is 5.75 Å². The minimum absolute atomic E-state index is 0.0849. The number of carboxylic acid groups (broad SMARTS) is 1. The summed E-state index contributed by atoms with van der Waals surface area (Å²) in [6.07, 6.45) is 3.07.